The average molecular weight is 298 g/mol. The van der Waals surface area contributed by atoms with Crippen LogP contribution in [-0.2, 0) is 6.42 Å². The first-order valence-electron chi connectivity index (χ1n) is 8.45. The zero-order valence-electron chi connectivity index (χ0n) is 13.5. The number of ether oxygens (including phenoxy) is 1. The zero-order chi connectivity index (χ0) is 15.2. The molecule has 118 valence electrons. The van der Waals surface area contributed by atoms with Crippen molar-refractivity contribution < 1.29 is 4.74 Å². The Morgan fingerprint density at radius 3 is 2.59 bits per heavy atom. The van der Waals surface area contributed by atoms with Gasteiger partial charge in [0.2, 0.25) is 0 Å². The maximum absolute atomic E-state index is 5.90. The molecular formula is C19H26N2O. The van der Waals surface area contributed by atoms with Crippen LogP contribution in [-0.4, -0.2) is 44.2 Å². The maximum atomic E-state index is 5.90. The van der Waals surface area contributed by atoms with Gasteiger partial charge in [0, 0.05) is 38.1 Å². The monoisotopic (exact) mass is 298 g/mol. The highest BCUT2D eigenvalue weighted by atomic mass is 16.5. The van der Waals surface area contributed by atoms with Crippen LogP contribution < -0.4 is 10.1 Å². The van der Waals surface area contributed by atoms with Crippen LogP contribution in [0.3, 0.4) is 0 Å². The first kappa shape index (κ1) is 15.3. The van der Waals surface area contributed by atoms with Gasteiger partial charge in [0.25, 0.3) is 0 Å². The molecule has 2 aromatic carbocycles. The summed E-state index contributed by atoms with van der Waals surface area (Å²) in [5.41, 5.74) is 1.43. The maximum Gasteiger partial charge on any atom is 0.127 e. The summed E-state index contributed by atoms with van der Waals surface area (Å²) in [4.78, 5) is 2.55. The standard InChI is InChI=1S/C19H26N2O/c1-2-15-22-19-8-7-16(17-5-3-4-6-18(17)19)9-12-21-13-10-20-11-14-21/h3-8,20H,2,9-15H2,1H3. The summed E-state index contributed by atoms with van der Waals surface area (Å²) in [6, 6.07) is 13.0. The zero-order valence-corrected chi connectivity index (χ0v) is 13.5. The lowest BCUT2D eigenvalue weighted by Gasteiger charge is -2.27. The Morgan fingerprint density at radius 1 is 1.05 bits per heavy atom. The number of nitrogens with one attached hydrogen (secondary N) is 1. The molecule has 1 fully saturated rings. The van der Waals surface area contributed by atoms with Gasteiger partial charge in [-0.15, -0.1) is 0 Å². The number of hydrogen-bond donors (Lipinski definition) is 1. The van der Waals surface area contributed by atoms with Crippen LogP contribution in [0, 0.1) is 0 Å². The van der Waals surface area contributed by atoms with Crippen molar-refractivity contribution in [3.05, 3.63) is 42.0 Å². The summed E-state index contributed by atoms with van der Waals surface area (Å²) >= 11 is 0. The predicted molar refractivity (Wildman–Crippen MR) is 92.7 cm³/mol. The van der Waals surface area contributed by atoms with Crippen LogP contribution in [0.15, 0.2) is 36.4 Å². The highest BCUT2D eigenvalue weighted by molar-refractivity contribution is 5.91. The second-order valence-corrected chi connectivity index (χ2v) is 5.96. The van der Waals surface area contributed by atoms with Gasteiger partial charge < -0.3 is 15.0 Å². The molecule has 0 unspecified atom stereocenters. The predicted octanol–water partition coefficient (Wildman–Crippen LogP) is 3.08. The Balaban J connectivity index is 1.77. The molecule has 3 nitrogen and oxygen atoms in total. The summed E-state index contributed by atoms with van der Waals surface area (Å²) in [5, 5.41) is 5.99. The van der Waals surface area contributed by atoms with Gasteiger partial charge >= 0.3 is 0 Å². The summed E-state index contributed by atoms with van der Waals surface area (Å²) in [6.45, 7) is 8.62. The largest absolute Gasteiger partial charge is 0.493 e. The molecule has 0 radical (unpaired) electrons. The van der Waals surface area contributed by atoms with Crippen molar-refractivity contribution in [1.82, 2.24) is 10.2 Å². The van der Waals surface area contributed by atoms with Crippen LogP contribution in [0.4, 0.5) is 0 Å². The van der Waals surface area contributed by atoms with E-state index in [1.807, 2.05) is 0 Å². The van der Waals surface area contributed by atoms with E-state index in [9.17, 15) is 0 Å². The second-order valence-electron chi connectivity index (χ2n) is 5.96. The van der Waals surface area contributed by atoms with Gasteiger partial charge in [0.05, 0.1) is 6.61 Å². The first-order chi connectivity index (χ1) is 10.9. The molecule has 0 aliphatic carbocycles. The van der Waals surface area contributed by atoms with Crippen molar-refractivity contribution in [3.8, 4) is 5.75 Å². The van der Waals surface area contributed by atoms with Gasteiger partial charge in [-0.2, -0.15) is 0 Å². The van der Waals surface area contributed by atoms with Crippen molar-refractivity contribution in [2.45, 2.75) is 19.8 Å². The second kappa shape index (κ2) is 7.61. The molecule has 22 heavy (non-hydrogen) atoms. The Labute approximate surface area is 133 Å². The number of nitrogens with zero attached hydrogens (tertiary/aromatic N) is 1. The van der Waals surface area contributed by atoms with Crippen LogP contribution in [0.25, 0.3) is 10.8 Å². The third-order valence-electron chi connectivity index (χ3n) is 4.34. The van der Waals surface area contributed by atoms with Gasteiger partial charge in [-0.1, -0.05) is 37.3 Å². The SMILES string of the molecule is CCCOc1ccc(CCN2CCNCC2)c2ccccc12. The molecule has 0 saturated carbocycles. The lowest BCUT2D eigenvalue weighted by atomic mass is 10.0. The molecule has 1 heterocycles. The molecule has 0 atom stereocenters. The van der Waals surface area contributed by atoms with Crippen LogP contribution in [0.5, 0.6) is 5.75 Å². The van der Waals surface area contributed by atoms with Gasteiger partial charge in [-0.05, 0) is 29.9 Å². The van der Waals surface area contributed by atoms with Gasteiger partial charge in [-0.3, -0.25) is 0 Å². The molecule has 1 aliphatic heterocycles. The lowest BCUT2D eigenvalue weighted by molar-refractivity contribution is 0.244. The van der Waals surface area contributed by atoms with E-state index in [1.165, 1.54) is 16.3 Å². The summed E-state index contributed by atoms with van der Waals surface area (Å²) < 4.78 is 5.90. The van der Waals surface area contributed by atoms with Crippen molar-refractivity contribution in [1.29, 1.82) is 0 Å². The third-order valence-corrected chi connectivity index (χ3v) is 4.34. The van der Waals surface area contributed by atoms with Crippen LogP contribution in [0.1, 0.15) is 18.9 Å². The molecule has 2 aromatic rings. The molecule has 3 rings (SSSR count). The van der Waals surface area contributed by atoms with Gasteiger partial charge in [0.15, 0.2) is 0 Å². The molecule has 1 saturated heterocycles. The summed E-state index contributed by atoms with van der Waals surface area (Å²) in [6.07, 6.45) is 2.15. The molecule has 0 bridgehead atoms. The number of fused-ring (bicyclic) bond motifs is 1. The molecule has 0 aromatic heterocycles. The fraction of sp³-hybridized carbons (Fsp3) is 0.474. The summed E-state index contributed by atoms with van der Waals surface area (Å²) in [7, 11) is 0. The normalized spacial score (nSPS) is 16.0. The smallest absolute Gasteiger partial charge is 0.127 e. The topological polar surface area (TPSA) is 24.5 Å². The quantitative estimate of drug-likeness (QED) is 0.887. The van der Waals surface area contributed by atoms with Crippen molar-refractivity contribution in [3.63, 3.8) is 0 Å². The lowest BCUT2D eigenvalue weighted by Crippen LogP contribution is -2.44. The number of hydrogen-bond acceptors (Lipinski definition) is 3. The van der Waals surface area contributed by atoms with Crippen LogP contribution >= 0.6 is 0 Å². The highest BCUT2D eigenvalue weighted by Gasteiger charge is 2.11. The fourth-order valence-corrected chi connectivity index (χ4v) is 3.10. The van der Waals surface area contributed by atoms with E-state index < -0.39 is 0 Å². The van der Waals surface area contributed by atoms with E-state index in [-0.39, 0.29) is 0 Å². The number of benzene rings is 2. The Morgan fingerprint density at radius 2 is 1.82 bits per heavy atom. The highest BCUT2D eigenvalue weighted by Crippen LogP contribution is 2.29. The molecule has 0 amide bonds. The molecule has 1 N–H and O–H groups in total. The van der Waals surface area contributed by atoms with E-state index in [0.717, 1.165) is 57.9 Å². The Kier molecular flexibility index (Phi) is 5.30. The van der Waals surface area contributed by atoms with Gasteiger partial charge in [0.1, 0.15) is 5.75 Å². The molecule has 3 heteroatoms. The Bertz CT molecular complexity index is 605. The fourth-order valence-electron chi connectivity index (χ4n) is 3.10. The van der Waals surface area contributed by atoms with E-state index in [0.29, 0.717) is 0 Å². The number of rotatable bonds is 6. The van der Waals surface area contributed by atoms with Crippen molar-refractivity contribution >= 4 is 10.8 Å². The third kappa shape index (κ3) is 3.60. The first-order valence-corrected chi connectivity index (χ1v) is 8.45. The molecule has 1 aliphatic rings. The Hall–Kier alpha value is -1.58. The van der Waals surface area contributed by atoms with E-state index in [4.69, 9.17) is 4.74 Å². The van der Waals surface area contributed by atoms with Crippen molar-refractivity contribution in [2.24, 2.45) is 0 Å². The van der Waals surface area contributed by atoms with E-state index >= 15 is 0 Å². The van der Waals surface area contributed by atoms with E-state index in [2.05, 4.69) is 53.5 Å². The molecular weight excluding hydrogens is 272 g/mol. The van der Waals surface area contributed by atoms with Crippen LogP contribution in [0.2, 0.25) is 0 Å². The number of piperazine rings is 1. The minimum Gasteiger partial charge on any atom is -0.493 e. The molecule has 0 spiro atoms. The minimum absolute atomic E-state index is 0.782. The van der Waals surface area contributed by atoms with Gasteiger partial charge in [-0.25, -0.2) is 0 Å². The van der Waals surface area contributed by atoms with E-state index in [1.54, 1.807) is 0 Å². The average Bonchev–Trinajstić information content (AvgIpc) is 2.59. The summed E-state index contributed by atoms with van der Waals surface area (Å²) in [5.74, 6) is 1.02. The van der Waals surface area contributed by atoms with Crippen molar-refractivity contribution in [2.75, 3.05) is 39.3 Å². The minimum atomic E-state index is 0.782.